The van der Waals surface area contributed by atoms with E-state index in [9.17, 15) is 19.1 Å². The molecule has 0 saturated carbocycles. The highest BCUT2D eigenvalue weighted by Gasteiger charge is 2.42. The molecule has 6 nitrogen and oxygen atoms in total. The Labute approximate surface area is 179 Å². The molecule has 1 unspecified atom stereocenters. The first-order valence-corrected chi connectivity index (χ1v) is 10.3. The monoisotopic (exact) mass is 431 g/mol. The smallest absolute Gasteiger partial charge is 0.260 e. The molecule has 0 spiro atoms. The van der Waals surface area contributed by atoms with Crippen molar-refractivity contribution in [3.63, 3.8) is 0 Å². The fraction of sp³-hybridized carbons (Fsp3) is 0.364. The molecule has 1 atom stereocenters. The van der Waals surface area contributed by atoms with Crippen LogP contribution in [0.4, 0.5) is 15.8 Å². The van der Waals surface area contributed by atoms with Crippen LogP contribution in [0, 0.1) is 5.82 Å². The highest BCUT2D eigenvalue weighted by atomic mass is 35.5. The Morgan fingerprint density at radius 1 is 1.20 bits per heavy atom. The van der Waals surface area contributed by atoms with E-state index < -0.39 is 11.4 Å². The molecule has 0 radical (unpaired) electrons. The van der Waals surface area contributed by atoms with Gasteiger partial charge in [0.1, 0.15) is 5.82 Å². The lowest BCUT2D eigenvalue weighted by atomic mass is 9.90. The average Bonchev–Trinajstić information content (AvgIpc) is 2.69. The minimum atomic E-state index is -1.54. The topological polar surface area (TPSA) is 81.7 Å². The molecule has 2 aliphatic rings. The highest BCUT2D eigenvalue weighted by molar-refractivity contribution is 6.30. The summed E-state index contributed by atoms with van der Waals surface area (Å²) in [5.41, 5.74) is 1.56. The number of fused-ring (bicyclic) bond motifs is 1. The van der Waals surface area contributed by atoms with E-state index in [1.165, 1.54) is 12.1 Å². The largest absolute Gasteiger partial charge is 0.379 e. The van der Waals surface area contributed by atoms with Crippen LogP contribution in [-0.2, 0) is 22.6 Å². The first-order valence-electron chi connectivity index (χ1n) is 9.97. The number of hydrogen-bond acceptors (Lipinski definition) is 4. The standard InChI is InChI=1S/C22H23ClFN3O3/c23-16-8-14(9-17(24)11-16)12-25-13-22(30)6-1-7-27(21(22)29)18-3-4-19-15(10-18)2-5-20(28)26-19/h3-4,8-11,25,30H,1-2,5-7,12-13H2,(H,26,28). The molecule has 3 N–H and O–H groups in total. The number of aliphatic hydroxyl groups is 1. The van der Waals surface area contributed by atoms with Crippen LogP contribution in [0.2, 0.25) is 5.02 Å². The van der Waals surface area contributed by atoms with Crippen molar-refractivity contribution in [2.75, 3.05) is 23.3 Å². The second-order valence-electron chi connectivity index (χ2n) is 7.86. The number of aryl methyl sites for hydroxylation is 1. The summed E-state index contributed by atoms with van der Waals surface area (Å²) in [5, 5.41) is 17.2. The zero-order chi connectivity index (χ0) is 21.3. The van der Waals surface area contributed by atoms with E-state index in [1.54, 1.807) is 23.1 Å². The number of carbonyl (C=O) groups is 2. The molecule has 158 valence electrons. The quantitative estimate of drug-likeness (QED) is 0.679. The summed E-state index contributed by atoms with van der Waals surface area (Å²) in [6.45, 7) is 0.856. The Morgan fingerprint density at radius 2 is 2.03 bits per heavy atom. The molecule has 2 aromatic carbocycles. The predicted octanol–water partition coefficient (Wildman–Crippen LogP) is 3.01. The lowest BCUT2D eigenvalue weighted by molar-refractivity contribution is -0.139. The zero-order valence-electron chi connectivity index (χ0n) is 16.4. The van der Waals surface area contributed by atoms with Gasteiger partial charge in [-0.15, -0.1) is 0 Å². The van der Waals surface area contributed by atoms with Crippen LogP contribution in [0.5, 0.6) is 0 Å². The summed E-state index contributed by atoms with van der Waals surface area (Å²) in [4.78, 5) is 26.2. The number of carbonyl (C=O) groups excluding carboxylic acids is 2. The third-order valence-electron chi connectivity index (χ3n) is 5.58. The van der Waals surface area contributed by atoms with Crippen LogP contribution < -0.4 is 15.5 Å². The van der Waals surface area contributed by atoms with Gasteiger partial charge >= 0.3 is 0 Å². The van der Waals surface area contributed by atoms with Crippen molar-refractivity contribution in [3.8, 4) is 0 Å². The van der Waals surface area contributed by atoms with Gasteiger partial charge in [0.2, 0.25) is 5.91 Å². The number of piperidine rings is 1. The molecule has 1 saturated heterocycles. The number of hydrogen-bond donors (Lipinski definition) is 3. The Morgan fingerprint density at radius 3 is 2.83 bits per heavy atom. The first-order chi connectivity index (χ1) is 14.3. The molecule has 2 heterocycles. The third-order valence-corrected chi connectivity index (χ3v) is 5.80. The van der Waals surface area contributed by atoms with Gasteiger partial charge in [0.05, 0.1) is 0 Å². The van der Waals surface area contributed by atoms with Crippen molar-refractivity contribution < 1.29 is 19.1 Å². The molecular weight excluding hydrogens is 409 g/mol. The lowest BCUT2D eigenvalue weighted by Gasteiger charge is -2.38. The van der Waals surface area contributed by atoms with Gasteiger partial charge in [-0.1, -0.05) is 11.6 Å². The van der Waals surface area contributed by atoms with E-state index in [0.717, 1.165) is 11.3 Å². The van der Waals surface area contributed by atoms with Crippen LogP contribution in [-0.4, -0.2) is 35.6 Å². The first kappa shape index (κ1) is 20.8. The molecule has 8 heteroatoms. The fourth-order valence-electron chi connectivity index (χ4n) is 4.06. The second-order valence-corrected chi connectivity index (χ2v) is 8.30. The normalized spacial score (nSPS) is 21.4. The van der Waals surface area contributed by atoms with Gasteiger partial charge in [-0.3, -0.25) is 9.59 Å². The summed E-state index contributed by atoms with van der Waals surface area (Å²) < 4.78 is 13.5. The van der Waals surface area contributed by atoms with E-state index in [0.29, 0.717) is 48.5 Å². The van der Waals surface area contributed by atoms with E-state index in [2.05, 4.69) is 10.6 Å². The third kappa shape index (κ3) is 4.33. The van der Waals surface area contributed by atoms with Crippen LogP contribution in [0.3, 0.4) is 0 Å². The average molecular weight is 432 g/mol. The Bertz CT molecular complexity index is 979. The van der Waals surface area contributed by atoms with Crippen molar-refractivity contribution in [1.82, 2.24) is 5.32 Å². The van der Waals surface area contributed by atoms with Crippen LogP contribution in [0.15, 0.2) is 36.4 Å². The van der Waals surface area contributed by atoms with Gasteiger partial charge in [-0.05, 0) is 66.8 Å². The van der Waals surface area contributed by atoms with E-state index in [-0.39, 0.29) is 24.9 Å². The molecule has 2 amide bonds. The molecule has 0 aliphatic carbocycles. The van der Waals surface area contributed by atoms with Gasteiger partial charge in [-0.25, -0.2) is 4.39 Å². The lowest BCUT2D eigenvalue weighted by Crippen LogP contribution is -2.58. The summed E-state index contributed by atoms with van der Waals surface area (Å²) in [6.07, 6.45) is 2.05. The highest BCUT2D eigenvalue weighted by Crippen LogP contribution is 2.32. The Balaban J connectivity index is 1.45. The van der Waals surface area contributed by atoms with Crippen LogP contribution in [0.25, 0.3) is 0 Å². The van der Waals surface area contributed by atoms with E-state index in [1.807, 2.05) is 6.07 Å². The minimum Gasteiger partial charge on any atom is -0.379 e. The number of nitrogens with zero attached hydrogens (tertiary/aromatic N) is 1. The maximum Gasteiger partial charge on any atom is 0.260 e. The van der Waals surface area contributed by atoms with Crippen molar-refractivity contribution in [3.05, 3.63) is 58.4 Å². The molecule has 2 aliphatic heterocycles. The molecule has 1 fully saturated rings. The summed E-state index contributed by atoms with van der Waals surface area (Å²) >= 11 is 5.87. The maximum atomic E-state index is 13.5. The number of amides is 2. The van der Waals surface area contributed by atoms with Crippen LogP contribution in [0.1, 0.15) is 30.4 Å². The van der Waals surface area contributed by atoms with Gasteiger partial charge in [-0.2, -0.15) is 0 Å². The number of nitrogens with one attached hydrogen (secondary N) is 2. The molecule has 2 aromatic rings. The minimum absolute atomic E-state index is 0.00988. The second kappa shape index (κ2) is 8.34. The van der Waals surface area contributed by atoms with Gasteiger partial charge in [0.25, 0.3) is 5.91 Å². The number of rotatable bonds is 5. The van der Waals surface area contributed by atoms with Gasteiger partial charge in [0, 0.05) is 42.5 Å². The number of halogens is 2. The summed E-state index contributed by atoms with van der Waals surface area (Å²) in [5.74, 6) is -0.802. The summed E-state index contributed by atoms with van der Waals surface area (Å²) in [7, 11) is 0. The Hall–Kier alpha value is -2.48. The van der Waals surface area contributed by atoms with Gasteiger partial charge in [0.15, 0.2) is 5.60 Å². The Kier molecular flexibility index (Phi) is 5.77. The maximum absolute atomic E-state index is 13.5. The van der Waals surface area contributed by atoms with Crippen molar-refractivity contribution >= 4 is 34.8 Å². The van der Waals surface area contributed by atoms with Crippen molar-refractivity contribution in [2.45, 2.75) is 37.8 Å². The van der Waals surface area contributed by atoms with Crippen molar-refractivity contribution in [1.29, 1.82) is 0 Å². The molecule has 0 bridgehead atoms. The van der Waals surface area contributed by atoms with E-state index in [4.69, 9.17) is 11.6 Å². The molecule has 4 rings (SSSR count). The SMILES string of the molecule is O=C1CCc2cc(N3CCCC(O)(CNCc4cc(F)cc(Cl)c4)C3=O)ccc2N1. The predicted molar refractivity (Wildman–Crippen MR) is 113 cm³/mol. The molecular formula is C22H23ClFN3O3. The number of benzene rings is 2. The van der Waals surface area contributed by atoms with Crippen molar-refractivity contribution in [2.24, 2.45) is 0 Å². The van der Waals surface area contributed by atoms with E-state index >= 15 is 0 Å². The van der Waals surface area contributed by atoms with Crippen LogP contribution >= 0.6 is 11.6 Å². The fourth-order valence-corrected chi connectivity index (χ4v) is 4.31. The summed E-state index contributed by atoms with van der Waals surface area (Å²) in [6, 6.07) is 9.73. The zero-order valence-corrected chi connectivity index (χ0v) is 17.1. The number of anilines is 2. The molecule has 30 heavy (non-hydrogen) atoms. The van der Waals surface area contributed by atoms with Gasteiger partial charge < -0.3 is 20.6 Å². The molecule has 0 aromatic heterocycles.